The quantitative estimate of drug-likeness (QED) is 0.214. The van der Waals surface area contributed by atoms with Crippen molar-refractivity contribution in [3.05, 3.63) is 89.5 Å². The van der Waals surface area contributed by atoms with Gasteiger partial charge >= 0.3 is 0 Å². The summed E-state index contributed by atoms with van der Waals surface area (Å²) < 4.78 is 16.4. The zero-order valence-corrected chi connectivity index (χ0v) is 23.9. The number of benzene rings is 3. The third-order valence-electron chi connectivity index (χ3n) is 6.27. The number of alkyl halides is 3. The maximum Gasteiger partial charge on any atom is 0.276 e. The molecule has 3 aromatic carbocycles. The van der Waals surface area contributed by atoms with Crippen molar-refractivity contribution in [2.75, 3.05) is 18.2 Å². The molecule has 1 heterocycles. The molecule has 0 aliphatic carbocycles. The number of methoxy groups -OCH3 is 1. The first kappa shape index (κ1) is 29.0. The Kier molecular flexibility index (Phi) is 9.87. The van der Waals surface area contributed by atoms with E-state index in [1.54, 1.807) is 37.1 Å². The molecule has 1 saturated heterocycles. The van der Waals surface area contributed by atoms with Crippen molar-refractivity contribution in [2.45, 2.75) is 40.7 Å². The van der Waals surface area contributed by atoms with Crippen LogP contribution in [-0.2, 0) is 20.9 Å². The molecule has 10 heteroatoms. The van der Waals surface area contributed by atoms with Gasteiger partial charge in [0.05, 0.1) is 25.9 Å². The highest BCUT2D eigenvalue weighted by atomic mass is 35.6. The number of halogens is 3. The lowest BCUT2D eigenvalue weighted by molar-refractivity contribution is -0.268. The zero-order chi connectivity index (χ0) is 27.3. The highest BCUT2D eigenvalue weighted by Crippen LogP contribution is 2.44. The molecule has 202 valence electrons. The number of carbonyl (C=O) groups is 1. The van der Waals surface area contributed by atoms with Crippen molar-refractivity contribution in [1.29, 1.82) is 0 Å². The fourth-order valence-corrected chi connectivity index (χ4v) is 5.52. The maximum absolute atomic E-state index is 12.2. The summed E-state index contributed by atoms with van der Waals surface area (Å²) in [5, 5.41) is 12.1. The molecule has 1 amide bonds. The average molecular weight is 597 g/mol. The van der Waals surface area contributed by atoms with E-state index in [1.807, 2.05) is 54.6 Å². The van der Waals surface area contributed by atoms with Crippen molar-refractivity contribution in [2.24, 2.45) is 5.92 Å². The summed E-state index contributed by atoms with van der Waals surface area (Å²) in [6.07, 6.45) is -1.16. The van der Waals surface area contributed by atoms with Gasteiger partial charge in [-0.15, -0.1) is 11.8 Å². The average Bonchev–Trinajstić information content (AvgIpc) is 2.92. The van der Waals surface area contributed by atoms with Crippen LogP contribution in [0.2, 0.25) is 0 Å². The van der Waals surface area contributed by atoms with E-state index in [2.05, 4.69) is 12.2 Å². The van der Waals surface area contributed by atoms with Crippen LogP contribution >= 0.6 is 46.6 Å². The lowest BCUT2D eigenvalue weighted by atomic mass is 9.91. The molecule has 4 rings (SSSR count). The normalized spacial score (nSPS) is 21.6. The number of ether oxygens (including phenoxy) is 3. The van der Waals surface area contributed by atoms with E-state index in [9.17, 15) is 9.90 Å². The van der Waals surface area contributed by atoms with Crippen LogP contribution in [0, 0.1) is 5.92 Å². The van der Waals surface area contributed by atoms with Gasteiger partial charge in [-0.1, -0.05) is 90.3 Å². The van der Waals surface area contributed by atoms with Gasteiger partial charge in [0.15, 0.2) is 6.29 Å². The molecule has 0 saturated carbocycles. The van der Waals surface area contributed by atoms with Crippen molar-refractivity contribution >= 4 is 58.2 Å². The predicted molar refractivity (Wildman–Crippen MR) is 152 cm³/mol. The third-order valence-corrected chi connectivity index (χ3v) is 7.93. The van der Waals surface area contributed by atoms with E-state index in [0.717, 1.165) is 21.8 Å². The molecule has 6 nitrogen and oxygen atoms in total. The Morgan fingerprint density at radius 3 is 2.45 bits per heavy atom. The zero-order valence-electron chi connectivity index (χ0n) is 20.8. The summed E-state index contributed by atoms with van der Waals surface area (Å²) in [6.45, 7) is 2.07. The lowest BCUT2D eigenvalue weighted by Crippen LogP contribution is -2.38. The first-order valence-corrected chi connectivity index (χ1v) is 14.1. The van der Waals surface area contributed by atoms with Crippen LogP contribution < -0.4 is 10.1 Å². The minimum absolute atomic E-state index is 0.0145. The first-order chi connectivity index (χ1) is 18.2. The molecule has 2 N–H and O–H groups in total. The summed E-state index contributed by atoms with van der Waals surface area (Å²) >= 11 is 18.8. The number of amides is 1. The van der Waals surface area contributed by atoms with Gasteiger partial charge in [0, 0.05) is 27.8 Å². The van der Waals surface area contributed by atoms with Crippen molar-refractivity contribution in [3.8, 4) is 5.75 Å². The summed E-state index contributed by atoms with van der Waals surface area (Å²) in [5.74, 6) is 0.728. The van der Waals surface area contributed by atoms with Gasteiger partial charge < -0.3 is 24.6 Å². The maximum atomic E-state index is 12.2. The Hall–Kier alpha value is -1.97. The van der Waals surface area contributed by atoms with Crippen molar-refractivity contribution in [1.82, 2.24) is 0 Å². The van der Waals surface area contributed by atoms with Gasteiger partial charge in [-0.3, -0.25) is 4.79 Å². The van der Waals surface area contributed by atoms with E-state index < -0.39 is 16.0 Å². The first-order valence-electron chi connectivity index (χ1n) is 11.9. The van der Waals surface area contributed by atoms with E-state index in [-0.39, 0.29) is 24.7 Å². The van der Waals surface area contributed by atoms with Gasteiger partial charge in [-0.25, -0.2) is 0 Å². The fourth-order valence-electron chi connectivity index (χ4n) is 4.18. The Morgan fingerprint density at radius 2 is 1.76 bits per heavy atom. The van der Waals surface area contributed by atoms with Crippen LogP contribution in [0.1, 0.15) is 36.0 Å². The van der Waals surface area contributed by atoms with Crippen LogP contribution in [-0.4, -0.2) is 33.8 Å². The third kappa shape index (κ3) is 7.16. The van der Waals surface area contributed by atoms with Crippen molar-refractivity contribution in [3.63, 3.8) is 0 Å². The number of hydrogen-bond donors (Lipinski definition) is 2. The molecule has 0 radical (unpaired) electrons. The summed E-state index contributed by atoms with van der Waals surface area (Å²) in [4.78, 5) is 13.2. The van der Waals surface area contributed by atoms with Crippen LogP contribution in [0.5, 0.6) is 5.75 Å². The highest BCUT2D eigenvalue weighted by Gasteiger charge is 2.38. The van der Waals surface area contributed by atoms with Gasteiger partial charge in [0.1, 0.15) is 5.75 Å². The van der Waals surface area contributed by atoms with E-state index >= 15 is 0 Å². The number of aliphatic hydroxyl groups is 1. The number of anilines is 1. The molecule has 1 fully saturated rings. The Balaban J connectivity index is 1.60. The molecule has 0 bridgehead atoms. The second kappa shape index (κ2) is 12.9. The largest absolute Gasteiger partial charge is 0.496 e. The predicted octanol–water partition coefficient (Wildman–Crippen LogP) is 7.08. The van der Waals surface area contributed by atoms with Gasteiger partial charge in [-0.2, -0.15) is 0 Å². The van der Waals surface area contributed by atoms with Crippen molar-refractivity contribution < 1.29 is 24.1 Å². The van der Waals surface area contributed by atoms with E-state index in [0.29, 0.717) is 17.0 Å². The topological polar surface area (TPSA) is 77.0 Å². The molecule has 0 spiro atoms. The number of thioether (sulfide) groups is 1. The van der Waals surface area contributed by atoms with Gasteiger partial charge in [-0.05, 0) is 35.4 Å². The second-order valence-electron chi connectivity index (χ2n) is 8.86. The van der Waals surface area contributed by atoms with Crippen LogP contribution in [0.25, 0.3) is 0 Å². The SMILES string of the molecule is COc1ccccc1SCC1OC(c2cccc(NC(=O)C(Cl)(Cl)Cl)c2)OC(c2ccc(CO)cc2)C1C. The monoisotopic (exact) mass is 595 g/mol. The Morgan fingerprint density at radius 1 is 1.03 bits per heavy atom. The highest BCUT2D eigenvalue weighted by molar-refractivity contribution is 7.99. The van der Waals surface area contributed by atoms with Crippen LogP contribution in [0.3, 0.4) is 0 Å². The number of nitrogens with one attached hydrogen (secondary N) is 1. The summed E-state index contributed by atoms with van der Waals surface area (Å²) in [6, 6.07) is 22.7. The fraction of sp³-hybridized carbons (Fsp3) is 0.321. The molecule has 38 heavy (non-hydrogen) atoms. The van der Waals surface area contributed by atoms with E-state index in [4.69, 9.17) is 49.0 Å². The molecular weight excluding hydrogens is 569 g/mol. The van der Waals surface area contributed by atoms with Gasteiger partial charge in [0.25, 0.3) is 9.70 Å². The Labute approximate surface area is 241 Å². The van der Waals surface area contributed by atoms with E-state index in [1.165, 1.54) is 0 Å². The minimum atomic E-state index is -2.09. The smallest absolute Gasteiger partial charge is 0.276 e. The lowest BCUT2D eigenvalue weighted by Gasteiger charge is -2.41. The van der Waals surface area contributed by atoms with Crippen LogP contribution in [0.4, 0.5) is 5.69 Å². The van der Waals surface area contributed by atoms with Gasteiger partial charge in [0.2, 0.25) is 0 Å². The Bertz CT molecular complexity index is 1240. The molecule has 0 aromatic heterocycles. The molecule has 1 aliphatic rings. The number of hydrogen-bond acceptors (Lipinski definition) is 6. The summed E-state index contributed by atoms with van der Waals surface area (Å²) in [5.41, 5.74) is 2.97. The number of carbonyl (C=O) groups excluding carboxylic acids is 1. The standard InChI is InChI=1S/C28H28Cl3NO5S/c1-17-23(16-38-24-9-4-3-8-22(24)35-2)36-26(37-25(17)19-12-10-18(15-33)11-13-19)20-6-5-7-21(14-20)32-27(34)28(29,30)31/h3-14,17,23,25-26,33H,15-16H2,1-2H3,(H,32,34). The molecule has 4 unspecified atom stereocenters. The van der Waals surface area contributed by atoms with Crippen LogP contribution in [0.15, 0.2) is 77.7 Å². The molecule has 4 atom stereocenters. The molecule has 1 aliphatic heterocycles. The molecule has 3 aromatic rings. The number of aliphatic hydroxyl groups excluding tert-OH is 1. The second-order valence-corrected chi connectivity index (χ2v) is 12.2. The number of para-hydroxylation sites is 1. The molecular formula is C28H28Cl3NO5S. The minimum Gasteiger partial charge on any atom is -0.496 e. The summed E-state index contributed by atoms with van der Waals surface area (Å²) in [7, 11) is 1.66. The number of rotatable bonds is 8.